The summed E-state index contributed by atoms with van der Waals surface area (Å²) in [5.41, 5.74) is 4.64. The number of hydrogen-bond acceptors (Lipinski definition) is 4. The number of nitriles is 1. The van der Waals surface area contributed by atoms with E-state index in [1.54, 1.807) is 23.9 Å². The van der Waals surface area contributed by atoms with Crippen molar-refractivity contribution in [3.63, 3.8) is 0 Å². The largest absolute Gasteiger partial charge is 0.270 e. The molecule has 142 valence electrons. The van der Waals surface area contributed by atoms with Crippen LogP contribution in [-0.4, -0.2) is 14.8 Å². The van der Waals surface area contributed by atoms with Crippen molar-refractivity contribution in [2.75, 3.05) is 0 Å². The van der Waals surface area contributed by atoms with Crippen molar-refractivity contribution in [3.05, 3.63) is 95.3 Å². The van der Waals surface area contributed by atoms with Gasteiger partial charge in [0.25, 0.3) is 0 Å². The Labute approximate surface area is 172 Å². The van der Waals surface area contributed by atoms with E-state index in [1.165, 1.54) is 12.1 Å². The summed E-state index contributed by atoms with van der Waals surface area (Å²) in [5, 5.41) is 18.5. The third-order valence-corrected chi connectivity index (χ3v) is 5.48. The minimum atomic E-state index is -0.287. The molecule has 0 aliphatic rings. The zero-order valence-electron chi connectivity index (χ0n) is 15.7. The second-order valence-corrected chi connectivity index (χ2v) is 7.52. The number of halogens is 1. The van der Waals surface area contributed by atoms with Gasteiger partial charge in [0, 0.05) is 17.0 Å². The topological polar surface area (TPSA) is 54.5 Å². The fraction of sp³-hybridized carbons (Fsp3) is 0.0870. The van der Waals surface area contributed by atoms with Crippen LogP contribution in [0.25, 0.3) is 17.1 Å². The molecule has 0 radical (unpaired) electrons. The van der Waals surface area contributed by atoms with Gasteiger partial charge in [-0.2, -0.15) is 5.26 Å². The molecule has 0 bridgehead atoms. The Morgan fingerprint density at radius 3 is 2.28 bits per heavy atom. The molecule has 0 saturated carbocycles. The minimum Gasteiger partial charge on any atom is -0.270 e. The Morgan fingerprint density at radius 2 is 1.62 bits per heavy atom. The lowest BCUT2D eigenvalue weighted by Crippen LogP contribution is -2.00. The second-order valence-electron chi connectivity index (χ2n) is 6.58. The predicted octanol–water partition coefficient (Wildman–Crippen LogP) is 5.55. The maximum atomic E-state index is 13.4. The smallest absolute Gasteiger partial charge is 0.196 e. The van der Waals surface area contributed by atoms with Gasteiger partial charge in [0.1, 0.15) is 5.82 Å². The fourth-order valence-corrected chi connectivity index (χ4v) is 3.81. The van der Waals surface area contributed by atoms with Crippen molar-refractivity contribution in [3.8, 4) is 23.1 Å². The summed E-state index contributed by atoms with van der Waals surface area (Å²) in [5.74, 6) is 1.07. The van der Waals surface area contributed by atoms with Crippen LogP contribution in [0.3, 0.4) is 0 Å². The number of rotatable bonds is 5. The lowest BCUT2D eigenvalue weighted by Gasteiger charge is -2.11. The molecule has 1 heterocycles. The minimum absolute atomic E-state index is 0.287. The standard InChI is InChI=1S/C23H17FN4S/c1-16-2-12-21(13-3-16)28-22(19-8-10-20(24)11-9-19)26-27-23(28)29-15-18-6-4-17(14-25)5-7-18/h2-13H,15H2,1H3. The van der Waals surface area contributed by atoms with E-state index in [-0.39, 0.29) is 5.82 Å². The average molecular weight is 400 g/mol. The van der Waals surface area contributed by atoms with Crippen molar-refractivity contribution in [2.45, 2.75) is 17.8 Å². The fourth-order valence-electron chi connectivity index (χ4n) is 2.90. The van der Waals surface area contributed by atoms with E-state index in [0.29, 0.717) is 17.1 Å². The molecule has 3 aromatic carbocycles. The van der Waals surface area contributed by atoms with Gasteiger partial charge in [-0.15, -0.1) is 10.2 Å². The lowest BCUT2D eigenvalue weighted by molar-refractivity contribution is 0.628. The average Bonchev–Trinajstić information content (AvgIpc) is 3.17. The first-order valence-corrected chi connectivity index (χ1v) is 10.0. The van der Waals surface area contributed by atoms with Crippen molar-refractivity contribution >= 4 is 11.8 Å². The molecule has 6 heteroatoms. The molecule has 1 aromatic heterocycles. The molecule has 29 heavy (non-hydrogen) atoms. The zero-order chi connectivity index (χ0) is 20.2. The summed E-state index contributed by atoms with van der Waals surface area (Å²) in [6.07, 6.45) is 0. The van der Waals surface area contributed by atoms with Gasteiger partial charge in [0.2, 0.25) is 0 Å². The maximum absolute atomic E-state index is 13.4. The molecule has 0 spiro atoms. The quantitative estimate of drug-likeness (QED) is 0.412. The lowest BCUT2D eigenvalue weighted by atomic mass is 10.2. The van der Waals surface area contributed by atoms with Gasteiger partial charge in [0.05, 0.1) is 11.6 Å². The van der Waals surface area contributed by atoms with Crippen LogP contribution in [-0.2, 0) is 5.75 Å². The van der Waals surface area contributed by atoms with E-state index < -0.39 is 0 Å². The van der Waals surface area contributed by atoms with Crippen LogP contribution in [0.1, 0.15) is 16.7 Å². The molecule has 0 aliphatic heterocycles. The molecule has 0 saturated heterocycles. The van der Waals surface area contributed by atoms with Gasteiger partial charge in [-0.25, -0.2) is 4.39 Å². The number of aromatic nitrogens is 3. The summed E-state index contributed by atoms with van der Waals surface area (Å²) < 4.78 is 15.4. The second kappa shape index (κ2) is 8.29. The third kappa shape index (κ3) is 4.20. The summed E-state index contributed by atoms with van der Waals surface area (Å²) in [6.45, 7) is 2.04. The molecule has 0 unspecified atom stereocenters. The van der Waals surface area contributed by atoms with E-state index in [4.69, 9.17) is 5.26 Å². The Morgan fingerprint density at radius 1 is 0.931 bits per heavy atom. The predicted molar refractivity (Wildman–Crippen MR) is 112 cm³/mol. The Balaban J connectivity index is 1.70. The molecular weight excluding hydrogens is 383 g/mol. The number of thioether (sulfide) groups is 1. The first-order valence-electron chi connectivity index (χ1n) is 9.04. The van der Waals surface area contributed by atoms with Crippen LogP contribution in [0.5, 0.6) is 0 Å². The molecule has 4 nitrogen and oxygen atoms in total. The van der Waals surface area contributed by atoms with E-state index >= 15 is 0 Å². The molecule has 0 aliphatic carbocycles. The first-order chi connectivity index (χ1) is 14.1. The molecule has 0 amide bonds. The molecule has 0 fully saturated rings. The van der Waals surface area contributed by atoms with Gasteiger partial charge in [-0.3, -0.25) is 4.57 Å². The van der Waals surface area contributed by atoms with Gasteiger partial charge in [-0.05, 0) is 61.0 Å². The number of aryl methyl sites for hydroxylation is 1. The van der Waals surface area contributed by atoms with Crippen LogP contribution in [0, 0.1) is 24.1 Å². The Hall–Kier alpha value is -3.43. The summed E-state index contributed by atoms with van der Waals surface area (Å²) in [7, 11) is 0. The summed E-state index contributed by atoms with van der Waals surface area (Å²) in [6, 6.07) is 24.0. The zero-order valence-corrected chi connectivity index (χ0v) is 16.5. The number of hydrogen-bond donors (Lipinski definition) is 0. The Bertz CT molecular complexity index is 1160. The summed E-state index contributed by atoms with van der Waals surface area (Å²) in [4.78, 5) is 0. The van der Waals surface area contributed by atoms with Crippen molar-refractivity contribution in [1.82, 2.24) is 14.8 Å². The highest BCUT2D eigenvalue weighted by Crippen LogP contribution is 2.30. The van der Waals surface area contributed by atoms with Crippen LogP contribution in [0.4, 0.5) is 4.39 Å². The van der Waals surface area contributed by atoms with Crippen LogP contribution in [0.15, 0.2) is 78.0 Å². The van der Waals surface area contributed by atoms with Crippen LogP contribution >= 0.6 is 11.8 Å². The third-order valence-electron chi connectivity index (χ3n) is 4.48. The molecule has 4 rings (SSSR count). The highest BCUT2D eigenvalue weighted by atomic mass is 32.2. The van der Waals surface area contributed by atoms with Gasteiger partial charge in [0.15, 0.2) is 11.0 Å². The van der Waals surface area contributed by atoms with E-state index in [1.807, 2.05) is 60.0 Å². The van der Waals surface area contributed by atoms with E-state index in [9.17, 15) is 4.39 Å². The molecule has 0 N–H and O–H groups in total. The number of nitrogens with zero attached hydrogens (tertiary/aromatic N) is 4. The van der Waals surface area contributed by atoms with E-state index in [2.05, 4.69) is 16.3 Å². The van der Waals surface area contributed by atoms with Gasteiger partial charge >= 0.3 is 0 Å². The summed E-state index contributed by atoms with van der Waals surface area (Å²) >= 11 is 1.56. The highest BCUT2D eigenvalue weighted by Gasteiger charge is 2.16. The molecular formula is C23H17FN4S. The van der Waals surface area contributed by atoms with Crippen LogP contribution < -0.4 is 0 Å². The van der Waals surface area contributed by atoms with E-state index in [0.717, 1.165) is 27.5 Å². The van der Waals surface area contributed by atoms with Crippen LogP contribution in [0.2, 0.25) is 0 Å². The maximum Gasteiger partial charge on any atom is 0.196 e. The first kappa shape index (κ1) is 18.9. The highest BCUT2D eigenvalue weighted by molar-refractivity contribution is 7.98. The van der Waals surface area contributed by atoms with Gasteiger partial charge < -0.3 is 0 Å². The van der Waals surface area contributed by atoms with Crippen molar-refractivity contribution in [1.29, 1.82) is 5.26 Å². The monoisotopic (exact) mass is 400 g/mol. The van der Waals surface area contributed by atoms with Crippen molar-refractivity contribution < 1.29 is 4.39 Å². The SMILES string of the molecule is Cc1ccc(-n2c(SCc3ccc(C#N)cc3)nnc2-c2ccc(F)cc2)cc1. The van der Waals surface area contributed by atoms with Gasteiger partial charge in [-0.1, -0.05) is 41.6 Å². The number of benzene rings is 3. The molecule has 4 aromatic rings. The van der Waals surface area contributed by atoms with Crippen molar-refractivity contribution in [2.24, 2.45) is 0 Å². The Kier molecular flexibility index (Phi) is 5.41. The normalized spacial score (nSPS) is 10.7. The molecule has 0 atom stereocenters.